The molecule has 1 amide bonds. The molecule has 1 heterocycles. The fraction of sp³-hybridized carbons (Fsp3) is 0.167. The van der Waals surface area contributed by atoms with Gasteiger partial charge in [0.2, 0.25) is 0 Å². The molecule has 0 saturated carbocycles. The van der Waals surface area contributed by atoms with Gasteiger partial charge in [0.25, 0.3) is 5.91 Å². The van der Waals surface area contributed by atoms with Crippen molar-refractivity contribution in [1.29, 1.82) is 0 Å². The third kappa shape index (κ3) is 2.81. The molecule has 0 radical (unpaired) electrons. The Morgan fingerprint density at radius 1 is 1.14 bits per heavy atom. The van der Waals surface area contributed by atoms with E-state index < -0.39 is 0 Å². The molecular weight excluding hydrogens is 276 g/mol. The molecule has 112 valence electrons. The first-order chi connectivity index (χ1) is 10.7. The maximum Gasteiger partial charge on any atom is 0.255 e. The first-order valence-corrected chi connectivity index (χ1v) is 7.26. The number of nitrogens with one attached hydrogen (secondary N) is 1. The van der Waals surface area contributed by atoms with Crippen LogP contribution in [0.2, 0.25) is 0 Å². The Balaban J connectivity index is 1.78. The number of hydrogen-bond acceptors (Lipinski definition) is 2. The van der Waals surface area contributed by atoms with Crippen LogP contribution < -0.4 is 10.1 Å². The normalized spacial score (nSPS) is 10.6. The number of fused-ring (bicyclic) bond motifs is 1. The molecule has 0 saturated heterocycles. The fourth-order valence-electron chi connectivity index (χ4n) is 2.41. The van der Waals surface area contributed by atoms with Gasteiger partial charge in [0.15, 0.2) is 0 Å². The number of hydrogen-bond donors (Lipinski definition) is 1. The number of benzene rings is 2. The van der Waals surface area contributed by atoms with E-state index in [1.165, 1.54) is 0 Å². The number of nitrogens with zero attached hydrogens (tertiary/aromatic N) is 1. The summed E-state index contributed by atoms with van der Waals surface area (Å²) in [6.07, 6.45) is 2.00. The number of aromatic nitrogens is 1. The molecular formula is C18H18N2O2. The largest absolute Gasteiger partial charge is 0.494 e. The molecule has 0 aliphatic carbocycles. The van der Waals surface area contributed by atoms with Crippen LogP contribution in [0.3, 0.4) is 0 Å². The standard InChI is InChI=1S/C18H18N2O2/c1-3-22-16-8-5-14(6-9-16)18(21)19-15-7-4-13-10-11-20(2)17(13)12-15/h4-12H,3H2,1-2H3,(H,19,21). The summed E-state index contributed by atoms with van der Waals surface area (Å²) in [7, 11) is 1.99. The van der Waals surface area contributed by atoms with Gasteiger partial charge >= 0.3 is 0 Å². The van der Waals surface area contributed by atoms with E-state index in [9.17, 15) is 4.79 Å². The zero-order chi connectivity index (χ0) is 15.5. The lowest BCUT2D eigenvalue weighted by molar-refractivity contribution is 0.102. The third-order valence-electron chi connectivity index (χ3n) is 3.57. The Morgan fingerprint density at radius 3 is 2.64 bits per heavy atom. The highest BCUT2D eigenvalue weighted by Crippen LogP contribution is 2.20. The lowest BCUT2D eigenvalue weighted by Gasteiger charge is -2.07. The summed E-state index contributed by atoms with van der Waals surface area (Å²) >= 11 is 0. The topological polar surface area (TPSA) is 43.3 Å². The lowest BCUT2D eigenvalue weighted by Crippen LogP contribution is -2.11. The van der Waals surface area contributed by atoms with Crippen molar-refractivity contribution in [3.05, 3.63) is 60.3 Å². The number of rotatable bonds is 4. The van der Waals surface area contributed by atoms with Gasteiger partial charge in [0.1, 0.15) is 5.75 Å². The second-order valence-electron chi connectivity index (χ2n) is 5.11. The molecule has 0 atom stereocenters. The number of ether oxygens (including phenoxy) is 1. The summed E-state index contributed by atoms with van der Waals surface area (Å²) in [5.74, 6) is 0.640. The fourth-order valence-corrected chi connectivity index (χ4v) is 2.41. The Kier molecular flexibility index (Phi) is 3.83. The molecule has 3 rings (SSSR count). The van der Waals surface area contributed by atoms with Crippen LogP contribution in [-0.4, -0.2) is 17.1 Å². The minimum atomic E-state index is -0.128. The van der Waals surface area contributed by atoms with Gasteiger partial charge in [-0.15, -0.1) is 0 Å². The van der Waals surface area contributed by atoms with Crippen LogP contribution in [0.1, 0.15) is 17.3 Å². The molecule has 22 heavy (non-hydrogen) atoms. The molecule has 0 spiro atoms. The third-order valence-corrected chi connectivity index (χ3v) is 3.57. The van der Waals surface area contributed by atoms with Crippen LogP contribution in [0, 0.1) is 0 Å². The molecule has 0 bridgehead atoms. The first-order valence-electron chi connectivity index (χ1n) is 7.26. The van der Waals surface area contributed by atoms with Crippen molar-refractivity contribution >= 4 is 22.5 Å². The monoisotopic (exact) mass is 294 g/mol. The molecule has 1 aromatic heterocycles. The summed E-state index contributed by atoms with van der Waals surface area (Å²) in [5, 5.41) is 4.08. The van der Waals surface area contributed by atoms with Crippen molar-refractivity contribution in [3.63, 3.8) is 0 Å². The predicted octanol–water partition coefficient (Wildman–Crippen LogP) is 3.83. The molecule has 3 aromatic rings. The average molecular weight is 294 g/mol. The van der Waals surface area contributed by atoms with E-state index in [4.69, 9.17) is 4.74 Å². The molecule has 4 heteroatoms. The molecule has 0 unspecified atom stereocenters. The van der Waals surface area contributed by atoms with Crippen LogP contribution >= 0.6 is 0 Å². The summed E-state index contributed by atoms with van der Waals surface area (Å²) in [4.78, 5) is 12.3. The van der Waals surface area contributed by atoms with Crippen LogP contribution in [0.15, 0.2) is 54.7 Å². The highest BCUT2D eigenvalue weighted by Gasteiger charge is 2.07. The molecule has 0 aliphatic heterocycles. The number of anilines is 1. The van der Waals surface area contributed by atoms with Gasteiger partial charge in [-0.3, -0.25) is 4.79 Å². The van der Waals surface area contributed by atoms with Gasteiger partial charge in [0, 0.05) is 30.0 Å². The van der Waals surface area contributed by atoms with Crippen LogP contribution in [-0.2, 0) is 7.05 Å². The van der Waals surface area contributed by atoms with E-state index in [1.54, 1.807) is 24.3 Å². The molecule has 4 nitrogen and oxygen atoms in total. The van der Waals surface area contributed by atoms with E-state index in [1.807, 2.05) is 49.0 Å². The van der Waals surface area contributed by atoms with Gasteiger partial charge in [-0.25, -0.2) is 0 Å². The van der Waals surface area contributed by atoms with Crippen molar-refractivity contribution in [1.82, 2.24) is 4.57 Å². The maximum atomic E-state index is 12.3. The average Bonchev–Trinajstić information content (AvgIpc) is 2.89. The van der Waals surface area contributed by atoms with Crippen LogP contribution in [0.5, 0.6) is 5.75 Å². The zero-order valence-electron chi connectivity index (χ0n) is 12.7. The number of carbonyl (C=O) groups excluding carboxylic acids is 1. The number of amides is 1. The van der Waals surface area contributed by atoms with Crippen molar-refractivity contribution in [2.75, 3.05) is 11.9 Å². The van der Waals surface area contributed by atoms with Crippen molar-refractivity contribution in [2.24, 2.45) is 7.05 Å². The SMILES string of the molecule is CCOc1ccc(C(=O)Nc2ccc3ccn(C)c3c2)cc1. The lowest BCUT2D eigenvalue weighted by atomic mass is 10.2. The summed E-state index contributed by atoms with van der Waals surface area (Å²) in [6, 6.07) is 15.1. The van der Waals surface area contributed by atoms with Crippen molar-refractivity contribution in [3.8, 4) is 5.75 Å². The summed E-state index contributed by atoms with van der Waals surface area (Å²) < 4.78 is 7.41. The summed E-state index contributed by atoms with van der Waals surface area (Å²) in [5.41, 5.74) is 2.48. The minimum absolute atomic E-state index is 0.128. The van der Waals surface area contributed by atoms with Gasteiger partial charge in [-0.2, -0.15) is 0 Å². The summed E-state index contributed by atoms with van der Waals surface area (Å²) in [6.45, 7) is 2.54. The molecule has 0 fully saturated rings. The van der Waals surface area contributed by atoms with Crippen LogP contribution in [0.25, 0.3) is 10.9 Å². The smallest absolute Gasteiger partial charge is 0.255 e. The van der Waals surface area contributed by atoms with Gasteiger partial charge < -0.3 is 14.6 Å². The van der Waals surface area contributed by atoms with Crippen molar-refractivity contribution < 1.29 is 9.53 Å². The first kappa shape index (κ1) is 14.2. The molecule has 0 aliphatic rings. The van der Waals surface area contributed by atoms with Crippen molar-refractivity contribution in [2.45, 2.75) is 6.92 Å². The Labute approximate surface area is 129 Å². The minimum Gasteiger partial charge on any atom is -0.494 e. The van der Waals surface area contributed by atoms with E-state index in [-0.39, 0.29) is 5.91 Å². The Morgan fingerprint density at radius 2 is 1.91 bits per heavy atom. The second-order valence-corrected chi connectivity index (χ2v) is 5.11. The highest BCUT2D eigenvalue weighted by molar-refractivity contribution is 6.05. The van der Waals surface area contributed by atoms with E-state index in [0.717, 1.165) is 22.3 Å². The molecule has 1 N–H and O–H groups in total. The predicted molar refractivity (Wildman–Crippen MR) is 88.5 cm³/mol. The van der Waals surface area contributed by atoms with Crippen LogP contribution in [0.4, 0.5) is 5.69 Å². The second kappa shape index (κ2) is 5.93. The van der Waals surface area contributed by atoms with E-state index in [0.29, 0.717) is 12.2 Å². The Bertz CT molecular complexity index is 804. The van der Waals surface area contributed by atoms with E-state index in [2.05, 4.69) is 5.32 Å². The molecule has 2 aromatic carbocycles. The van der Waals surface area contributed by atoms with Gasteiger partial charge in [0.05, 0.1) is 6.61 Å². The van der Waals surface area contributed by atoms with Gasteiger partial charge in [-0.1, -0.05) is 6.07 Å². The van der Waals surface area contributed by atoms with E-state index >= 15 is 0 Å². The zero-order valence-corrected chi connectivity index (χ0v) is 12.7. The van der Waals surface area contributed by atoms with Gasteiger partial charge in [-0.05, 0) is 54.8 Å². The number of aryl methyl sites for hydroxylation is 1. The quantitative estimate of drug-likeness (QED) is 0.794. The Hall–Kier alpha value is -2.75. The maximum absolute atomic E-state index is 12.3. The number of carbonyl (C=O) groups is 1. The highest BCUT2D eigenvalue weighted by atomic mass is 16.5.